The van der Waals surface area contributed by atoms with Gasteiger partial charge >= 0.3 is 0 Å². The van der Waals surface area contributed by atoms with Crippen LogP contribution < -0.4 is 5.73 Å². The predicted octanol–water partition coefficient (Wildman–Crippen LogP) is -0.0992. The van der Waals surface area contributed by atoms with E-state index in [1.807, 2.05) is 0 Å². The highest BCUT2D eigenvalue weighted by Crippen LogP contribution is 2.24. The van der Waals surface area contributed by atoms with Crippen LogP contribution in [0.15, 0.2) is 16.9 Å². The highest BCUT2D eigenvalue weighted by atomic mass is 16.5. The molecule has 0 aromatic carbocycles. The van der Waals surface area contributed by atoms with Gasteiger partial charge in [0.15, 0.2) is 5.82 Å². The molecule has 7 nitrogen and oxygen atoms in total. The molecular weight excluding hydrogens is 210 g/mol. The van der Waals surface area contributed by atoms with Crippen LogP contribution in [0.2, 0.25) is 0 Å². The van der Waals surface area contributed by atoms with E-state index >= 15 is 0 Å². The minimum absolute atomic E-state index is 0.0174. The van der Waals surface area contributed by atoms with Crippen molar-refractivity contribution >= 4 is 0 Å². The van der Waals surface area contributed by atoms with Gasteiger partial charge in [0.25, 0.3) is 0 Å². The summed E-state index contributed by atoms with van der Waals surface area (Å²) in [7, 11) is 0. The monoisotopic (exact) mass is 221 g/mol. The SMILES string of the molecule is NC1COCC1c1nc(-c2ncc[nH]2)no1. The average molecular weight is 221 g/mol. The number of hydrogen-bond acceptors (Lipinski definition) is 6. The molecular formula is C9H11N5O2. The average Bonchev–Trinajstić information content (AvgIpc) is 2.96. The van der Waals surface area contributed by atoms with Crippen molar-refractivity contribution in [3.63, 3.8) is 0 Å². The van der Waals surface area contributed by atoms with Gasteiger partial charge in [-0.2, -0.15) is 4.98 Å². The molecule has 0 bridgehead atoms. The Morgan fingerprint density at radius 1 is 1.44 bits per heavy atom. The number of rotatable bonds is 2. The first-order chi connectivity index (χ1) is 7.84. The number of aromatic amines is 1. The lowest BCUT2D eigenvalue weighted by atomic mass is 10.1. The molecule has 7 heteroatoms. The summed E-state index contributed by atoms with van der Waals surface area (Å²) in [6.07, 6.45) is 3.34. The summed E-state index contributed by atoms with van der Waals surface area (Å²) in [6.45, 7) is 1.06. The van der Waals surface area contributed by atoms with E-state index in [0.717, 1.165) is 0 Å². The molecule has 1 aliphatic heterocycles. The quantitative estimate of drug-likeness (QED) is 0.734. The van der Waals surface area contributed by atoms with Crippen LogP contribution in [0, 0.1) is 0 Å². The molecule has 0 saturated carbocycles. The third-order valence-electron chi connectivity index (χ3n) is 2.59. The molecule has 3 heterocycles. The smallest absolute Gasteiger partial charge is 0.238 e. The van der Waals surface area contributed by atoms with Crippen LogP contribution in [-0.4, -0.2) is 39.4 Å². The summed E-state index contributed by atoms with van der Waals surface area (Å²) in [6, 6.07) is -0.0788. The Labute approximate surface area is 91.0 Å². The van der Waals surface area contributed by atoms with E-state index in [2.05, 4.69) is 20.1 Å². The fraction of sp³-hybridized carbons (Fsp3) is 0.444. The second-order valence-electron chi connectivity index (χ2n) is 3.70. The number of nitrogens with one attached hydrogen (secondary N) is 1. The van der Waals surface area contributed by atoms with Gasteiger partial charge in [-0.1, -0.05) is 5.16 Å². The summed E-state index contributed by atoms with van der Waals surface area (Å²) < 4.78 is 10.4. The van der Waals surface area contributed by atoms with Crippen molar-refractivity contribution in [2.45, 2.75) is 12.0 Å². The third-order valence-corrected chi connectivity index (χ3v) is 2.59. The fourth-order valence-electron chi connectivity index (χ4n) is 1.69. The van der Waals surface area contributed by atoms with Gasteiger partial charge in [0.2, 0.25) is 11.7 Å². The number of aromatic nitrogens is 4. The lowest BCUT2D eigenvalue weighted by Gasteiger charge is -2.05. The van der Waals surface area contributed by atoms with Crippen LogP contribution in [0.5, 0.6) is 0 Å². The van der Waals surface area contributed by atoms with Crippen LogP contribution in [0.1, 0.15) is 11.8 Å². The molecule has 0 aliphatic carbocycles. The number of nitrogens with zero attached hydrogens (tertiary/aromatic N) is 3. The second kappa shape index (κ2) is 3.69. The molecule has 0 spiro atoms. The van der Waals surface area contributed by atoms with Crippen LogP contribution in [0.3, 0.4) is 0 Å². The number of nitrogens with two attached hydrogens (primary N) is 1. The summed E-state index contributed by atoms with van der Waals surface area (Å²) >= 11 is 0. The predicted molar refractivity (Wildman–Crippen MR) is 53.4 cm³/mol. The normalized spacial score (nSPS) is 25.1. The van der Waals surface area contributed by atoms with Crippen LogP contribution in [0.4, 0.5) is 0 Å². The molecule has 1 fully saturated rings. The molecule has 0 amide bonds. The van der Waals surface area contributed by atoms with E-state index < -0.39 is 0 Å². The number of imidazole rings is 1. The van der Waals surface area contributed by atoms with Crippen molar-refractivity contribution in [2.75, 3.05) is 13.2 Å². The van der Waals surface area contributed by atoms with Crippen molar-refractivity contribution in [1.29, 1.82) is 0 Å². The van der Waals surface area contributed by atoms with Crippen molar-refractivity contribution < 1.29 is 9.26 Å². The van der Waals surface area contributed by atoms with Crippen molar-refractivity contribution in [3.05, 3.63) is 18.3 Å². The number of ether oxygens (including phenoxy) is 1. The Hall–Kier alpha value is -1.73. The first-order valence-corrected chi connectivity index (χ1v) is 5.01. The zero-order valence-corrected chi connectivity index (χ0v) is 8.46. The maximum Gasteiger partial charge on any atom is 0.238 e. The Balaban J connectivity index is 1.88. The van der Waals surface area contributed by atoms with Gasteiger partial charge in [-0.15, -0.1) is 0 Å². The van der Waals surface area contributed by atoms with Crippen molar-refractivity contribution in [3.8, 4) is 11.6 Å². The Morgan fingerprint density at radius 2 is 2.38 bits per heavy atom. The van der Waals surface area contributed by atoms with Gasteiger partial charge in [-0.25, -0.2) is 4.98 Å². The van der Waals surface area contributed by atoms with Crippen molar-refractivity contribution in [1.82, 2.24) is 20.1 Å². The van der Waals surface area contributed by atoms with Gasteiger partial charge in [-0.3, -0.25) is 0 Å². The number of H-pyrrole nitrogens is 1. The first-order valence-electron chi connectivity index (χ1n) is 5.01. The molecule has 16 heavy (non-hydrogen) atoms. The maximum atomic E-state index is 5.86. The van der Waals surface area contributed by atoms with E-state index in [-0.39, 0.29) is 12.0 Å². The molecule has 2 aromatic heterocycles. The highest BCUT2D eigenvalue weighted by molar-refractivity contribution is 5.40. The van der Waals surface area contributed by atoms with Gasteiger partial charge < -0.3 is 20.0 Å². The molecule has 2 atom stereocenters. The zero-order chi connectivity index (χ0) is 11.0. The molecule has 2 aromatic rings. The Morgan fingerprint density at radius 3 is 3.06 bits per heavy atom. The van der Waals surface area contributed by atoms with Crippen molar-refractivity contribution in [2.24, 2.45) is 5.73 Å². The number of hydrogen-bond donors (Lipinski definition) is 2. The summed E-state index contributed by atoms with van der Waals surface area (Å²) in [4.78, 5) is 11.2. The fourth-order valence-corrected chi connectivity index (χ4v) is 1.69. The lowest BCUT2D eigenvalue weighted by Crippen LogP contribution is -2.26. The molecule has 1 saturated heterocycles. The van der Waals surface area contributed by atoms with E-state index in [1.54, 1.807) is 12.4 Å². The summed E-state index contributed by atoms with van der Waals surface area (Å²) in [5.41, 5.74) is 5.86. The first kappa shape index (κ1) is 9.49. The minimum Gasteiger partial charge on any atom is -0.379 e. The van der Waals surface area contributed by atoms with Crippen LogP contribution in [-0.2, 0) is 4.74 Å². The van der Waals surface area contributed by atoms with Gasteiger partial charge in [0, 0.05) is 18.4 Å². The molecule has 3 N–H and O–H groups in total. The molecule has 1 aliphatic rings. The molecule has 3 rings (SSSR count). The second-order valence-corrected chi connectivity index (χ2v) is 3.70. The van der Waals surface area contributed by atoms with Crippen LogP contribution >= 0.6 is 0 Å². The third kappa shape index (κ3) is 1.50. The lowest BCUT2D eigenvalue weighted by molar-refractivity contribution is 0.187. The van der Waals surface area contributed by atoms with E-state index in [1.165, 1.54) is 0 Å². The maximum absolute atomic E-state index is 5.86. The van der Waals surface area contributed by atoms with Gasteiger partial charge in [-0.05, 0) is 0 Å². The van der Waals surface area contributed by atoms with E-state index in [0.29, 0.717) is 30.8 Å². The Bertz CT molecular complexity index is 466. The van der Waals surface area contributed by atoms with E-state index in [9.17, 15) is 0 Å². The Kier molecular flexibility index (Phi) is 2.19. The van der Waals surface area contributed by atoms with Gasteiger partial charge in [0.05, 0.1) is 19.1 Å². The van der Waals surface area contributed by atoms with Gasteiger partial charge in [0.1, 0.15) is 0 Å². The standard InChI is InChI=1S/C9H11N5O2/c10-6-4-15-3-5(6)9-13-8(14-16-9)7-11-1-2-12-7/h1-2,5-6H,3-4,10H2,(H,11,12). The zero-order valence-electron chi connectivity index (χ0n) is 8.46. The minimum atomic E-state index is -0.0788. The largest absolute Gasteiger partial charge is 0.379 e. The summed E-state index contributed by atoms with van der Waals surface area (Å²) in [5.74, 6) is 1.52. The highest BCUT2D eigenvalue weighted by Gasteiger charge is 2.31. The molecule has 84 valence electrons. The van der Waals surface area contributed by atoms with Crippen LogP contribution in [0.25, 0.3) is 11.6 Å². The molecule has 2 unspecified atom stereocenters. The topological polar surface area (TPSA) is 103 Å². The summed E-state index contributed by atoms with van der Waals surface area (Å²) in [5, 5.41) is 3.85. The van der Waals surface area contributed by atoms with E-state index in [4.69, 9.17) is 15.0 Å². The molecule has 0 radical (unpaired) electrons.